The quantitative estimate of drug-likeness (QED) is 0.897. The fourth-order valence-electron chi connectivity index (χ4n) is 3.01. The Bertz CT molecular complexity index is 388. The Morgan fingerprint density at radius 3 is 2.26 bits per heavy atom. The molecule has 0 amide bonds. The zero-order valence-electron chi connectivity index (χ0n) is 12.7. The molecule has 0 spiro atoms. The van der Waals surface area contributed by atoms with Crippen LogP contribution in [0.2, 0.25) is 0 Å². The summed E-state index contributed by atoms with van der Waals surface area (Å²) in [5.41, 5.74) is 9.26. The van der Waals surface area contributed by atoms with Crippen molar-refractivity contribution in [2.45, 2.75) is 46.1 Å². The summed E-state index contributed by atoms with van der Waals surface area (Å²) in [5, 5.41) is 0. The summed E-state index contributed by atoms with van der Waals surface area (Å²) in [6, 6.07) is 9.25. The van der Waals surface area contributed by atoms with Crippen LogP contribution in [0.25, 0.3) is 0 Å². The van der Waals surface area contributed by atoms with Gasteiger partial charge < -0.3 is 5.73 Å². The van der Waals surface area contributed by atoms with Gasteiger partial charge in [0.05, 0.1) is 0 Å². The number of likely N-dealkylation sites (tertiary alicyclic amines) is 1. The van der Waals surface area contributed by atoms with Crippen molar-refractivity contribution in [2.24, 2.45) is 11.1 Å². The summed E-state index contributed by atoms with van der Waals surface area (Å²) < 4.78 is 0. The molecule has 1 aromatic rings. The fourth-order valence-corrected chi connectivity index (χ4v) is 3.01. The molecule has 106 valence electrons. The molecular formula is C17H28N2. The van der Waals surface area contributed by atoms with E-state index in [1.54, 1.807) is 0 Å². The van der Waals surface area contributed by atoms with Crippen molar-refractivity contribution in [1.82, 2.24) is 4.90 Å². The van der Waals surface area contributed by atoms with E-state index in [4.69, 9.17) is 5.73 Å². The first-order valence-corrected chi connectivity index (χ1v) is 7.58. The van der Waals surface area contributed by atoms with Crippen LogP contribution < -0.4 is 5.73 Å². The Morgan fingerprint density at radius 1 is 1.21 bits per heavy atom. The highest BCUT2D eigenvalue weighted by molar-refractivity contribution is 5.24. The number of nitrogens with zero attached hydrogens (tertiary/aromatic N) is 1. The first-order valence-electron chi connectivity index (χ1n) is 7.58. The van der Waals surface area contributed by atoms with Crippen molar-refractivity contribution < 1.29 is 0 Å². The lowest BCUT2D eigenvalue weighted by atomic mass is 9.78. The minimum absolute atomic E-state index is 0.391. The second-order valence-corrected chi connectivity index (χ2v) is 6.36. The first-order chi connectivity index (χ1) is 9.08. The van der Waals surface area contributed by atoms with Gasteiger partial charge in [-0.2, -0.15) is 0 Å². The summed E-state index contributed by atoms with van der Waals surface area (Å²) in [5.74, 6) is 0. The highest BCUT2D eigenvalue weighted by atomic mass is 15.2. The standard InChI is InChI=1S/C17H28N2/c1-4-17(3)9-11-19(12-10-17)16(13-18)15-7-5-14(2)6-8-15/h5-8,16H,4,9-13,18H2,1-3H3. The van der Waals surface area contributed by atoms with Crippen molar-refractivity contribution in [3.05, 3.63) is 35.4 Å². The smallest absolute Gasteiger partial charge is 0.0470 e. The van der Waals surface area contributed by atoms with Crippen LogP contribution in [0.4, 0.5) is 0 Å². The maximum atomic E-state index is 6.03. The second kappa shape index (κ2) is 6.06. The highest BCUT2D eigenvalue weighted by Crippen LogP contribution is 2.36. The van der Waals surface area contributed by atoms with Gasteiger partial charge in [0.2, 0.25) is 0 Å². The molecule has 2 nitrogen and oxygen atoms in total. The molecule has 0 bridgehead atoms. The van der Waals surface area contributed by atoms with E-state index in [2.05, 4.69) is 49.9 Å². The number of benzene rings is 1. The molecule has 1 saturated heterocycles. The van der Waals surface area contributed by atoms with E-state index >= 15 is 0 Å². The van der Waals surface area contributed by atoms with E-state index in [0.29, 0.717) is 18.0 Å². The van der Waals surface area contributed by atoms with Gasteiger partial charge in [-0.3, -0.25) is 4.90 Å². The molecule has 0 aliphatic carbocycles. The molecule has 2 rings (SSSR count). The van der Waals surface area contributed by atoms with Gasteiger partial charge >= 0.3 is 0 Å². The number of nitrogens with two attached hydrogens (primary N) is 1. The average Bonchev–Trinajstić information content (AvgIpc) is 2.44. The Labute approximate surface area is 118 Å². The zero-order valence-corrected chi connectivity index (χ0v) is 12.7. The highest BCUT2D eigenvalue weighted by Gasteiger charge is 2.31. The van der Waals surface area contributed by atoms with Crippen molar-refractivity contribution in [3.63, 3.8) is 0 Å². The Balaban J connectivity index is 2.05. The molecule has 1 aliphatic rings. The normalized spacial score (nSPS) is 21.3. The molecule has 1 fully saturated rings. The third kappa shape index (κ3) is 3.37. The van der Waals surface area contributed by atoms with E-state index in [1.165, 1.54) is 43.5 Å². The minimum Gasteiger partial charge on any atom is -0.329 e. The maximum absolute atomic E-state index is 6.03. The van der Waals surface area contributed by atoms with Crippen LogP contribution in [-0.4, -0.2) is 24.5 Å². The summed E-state index contributed by atoms with van der Waals surface area (Å²) in [6.45, 7) is 9.95. The monoisotopic (exact) mass is 260 g/mol. The molecule has 1 unspecified atom stereocenters. The van der Waals surface area contributed by atoms with E-state index in [0.717, 1.165) is 0 Å². The number of aryl methyl sites for hydroxylation is 1. The lowest BCUT2D eigenvalue weighted by Crippen LogP contribution is -2.42. The van der Waals surface area contributed by atoms with Crippen molar-refractivity contribution in [3.8, 4) is 0 Å². The summed E-state index contributed by atoms with van der Waals surface area (Å²) in [4.78, 5) is 2.57. The van der Waals surface area contributed by atoms with Crippen molar-refractivity contribution >= 4 is 0 Å². The zero-order chi connectivity index (χ0) is 13.9. The van der Waals surface area contributed by atoms with Crippen LogP contribution in [0.15, 0.2) is 24.3 Å². The van der Waals surface area contributed by atoms with Gasteiger partial charge in [-0.1, -0.05) is 50.1 Å². The van der Waals surface area contributed by atoms with Crippen molar-refractivity contribution in [2.75, 3.05) is 19.6 Å². The van der Waals surface area contributed by atoms with Crippen LogP contribution in [-0.2, 0) is 0 Å². The van der Waals surface area contributed by atoms with E-state index in [1.807, 2.05) is 0 Å². The molecule has 19 heavy (non-hydrogen) atoms. The topological polar surface area (TPSA) is 29.3 Å². The Hall–Kier alpha value is -0.860. The summed E-state index contributed by atoms with van der Waals surface area (Å²) in [6.07, 6.45) is 3.89. The van der Waals surface area contributed by atoms with Crippen LogP contribution in [0.1, 0.15) is 50.3 Å². The predicted molar refractivity (Wildman–Crippen MR) is 82.2 cm³/mol. The maximum Gasteiger partial charge on any atom is 0.0470 e. The number of hydrogen-bond donors (Lipinski definition) is 1. The minimum atomic E-state index is 0.391. The molecule has 1 atom stereocenters. The molecule has 1 aromatic carbocycles. The lowest BCUT2D eigenvalue weighted by Gasteiger charge is -2.42. The lowest BCUT2D eigenvalue weighted by molar-refractivity contribution is 0.0829. The summed E-state index contributed by atoms with van der Waals surface area (Å²) in [7, 11) is 0. The molecule has 0 aromatic heterocycles. The van der Waals surface area contributed by atoms with Crippen LogP contribution in [0, 0.1) is 12.3 Å². The van der Waals surface area contributed by atoms with Gasteiger partial charge in [0.1, 0.15) is 0 Å². The molecule has 0 radical (unpaired) electrons. The predicted octanol–water partition coefficient (Wildman–Crippen LogP) is 3.51. The Kier molecular flexibility index (Phi) is 4.64. The van der Waals surface area contributed by atoms with Gasteiger partial charge in [-0.05, 0) is 43.8 Å². The van der Waals surface area contributed by atoms with Crippen molar-refractivity contribution in [1.29, 1.82) is 0 Å². The molecular weight excluding hydrogens is 232 g/mol. The molecule has 1 aliphatic heterocycles. The SMILES string of the molecule is CCC1(C)CCN(C(CN)c2ccc(C)cc2)CC1. The van der Waals surface area contributed by atoms with E-state index < -0.39 is 0 Å². The molecule has 2 N–H and O–H groups in total. The first kappa shape index (κ1) is 14.5. The van der Waals surface area contributed by atoms with Crippen LogP contribution >= 0.6 is 0 Å². The van der Waals surface area contributed by atoms with E-state index in [9.17, 15) is 0 Å². The number of piperidine rings is 1. The third-order valence-electron chi connectivity index (χ3n) is 4.98. The molecule has 0 saturated carbocycles. The van der Waals surface area contributed by atoms with Crippen LogP contribution in [0.5, 0.6) is 0 Å². The average molecular weight is 260 g/mol. The van der Waals surface area contributed by atoms with Crippen LogP contribution in [0.3, 0.4) is 0 Å². The second-order valence-electron chi connectivity index (χ2n) is 6.36. The van der Waals surface area contributed by atoms with Gasteiger partial charge in [0, 0.05) is 12.6 Å². The fraction of sp³-hybridized carbons (Fsp3) is 0.647. The van der Waals surface area contributed by atoms with Gasteiger partial charge in [-0.25, -0.2) is 0 Å². The number of rotatable bonds is 4. The van der Waals surface area contributed by atoms with Gasteiger partial charge in [0.25, 0.3) is 0 Å². The van der Waals surface area contributed by atoms with E-state index in [-0.39, 0.29) is 0 Å². The molecule has 2 heteroatoms. The number of hydrogen-bond acceptors (Lipinski definition) is 2. The van der Waals surface area contributed by atoms with Gasteiger partial charge in [-0.15, -0.1) is 0 Å². The van der Waals surface area contributed by atoms with Gasteiger partial charge in [0.15, 0.2) is 0 Å². The summed E-state index contributed by atoms with van der Waals surface area (Å²) >= 11 is 0. The third-order valence-corrected chi connectivity index (χ3v) is 4.98. The molecule has 1 heterocycles. The Morgan fingerprint density at radius 2 is 1.79 bits per heavy atom. The largest absolute Gasteiger partial charge is 0.329 e.